The van der Waals surface area contributed by atoms with Crippen LogP contribution >= 0.6 is 11.6 Å². The normalized spacial score (nSPS) is 20.1. The number of fused-ring (bicyclic) bond motifs is 3. The highest BCUT2D eigenvalue weighted by Gasteiger charge is 2.45. The molecule has 1 atom stereocenters. The number of aromatic amines is 1. The van der Waals surface area contributed by atoms with Crippen molar-refractivity contribution in [2.24, 2.45) is 0 Å². The molecule has 0 bridgehead atoms. The van der Waals surface area contributed by atoms with Crippen LogP contribution in [0.5, 0.6) is 6.01 Å². The number of hydrogen-bond donors (Lipinski definition) is 2. The van der Waals surface area contributed by atoms with Crippen LogP contribution in [-0.2, 0) is 4.74 Å². The van der Waals surface area contributed by atoms with Gasteiger partial charge in [-0.2, -0.15) is 15.1 Å². The monoisotopic (exact) mass is 608 g/mol. The van der Waals surface area contributed by atoms with E-state index in [-0.39, 0.29) is 28.8 Å². The first-order valence-electron chi connectivity index (χ1n) is 15.0. The van der Waals surface area contributed by atoms with Gasteiger partial charge < -0.3 is 19.7 Å². The van der Waals surface area contributed by atoms with Crippen LogP contribution in [0.25, 0.3) is 33.1 Å². The summed E-state index contributed by atoms with van der Waals surface area (Å²) in [5.41, 5.74) is 1.42. The molecule has 6 heterocycles. The predicted octanol–water partition coefficient (Wildman–Crippen LogP) is 5.08. The second kappa shape index (κ2) is 11.4. The van der Waals surface area contributed by atoms with E-state index >= 15 is 4.39 Å². The molecule has 13 heteroatoms. The molecule has 0 saturated carbocycles. The fourth-order valence-corrected chi connectivity index (χ4v) is 7.23. The summed E-state index contributed by atoms with van der Waals surface area (Å²) in [6.45, 7) is 5.82. The highest BCUT2D eigenvalue weighted by Crippen LogP contribution is 2.40. The lowest BCUT2D eigenvalue weighted by atomic mass is 9.95. The predicted molar refractivity (Wildman–Crippen MR) is 161 cm³/mol. The summed E-state index contributed by atoms with van der Waals surface area (Å²) in [6.07, 6.45) is 8.81. The molecule has 3 aromatic heterocycles. The molecule has 3 saturated heterocycles. The number of aromatic nitrogens is 5. The van der Waals surface area contributed by atoms with E-state index < -0.39 is 11.9 Å². The number of piperidine rings is 1. The van der Waals surface area contributed by atoms with Crippen LogP contribution in [0.15, 0.2) is 24.5 Å². The zero-order chi connectivity index (χ0) is 29.6. The van der Waals surface area contributed by atoms with Crippen molar-refractivity contribution in [3.63, 3.8) is 0 Å². The zero-order valence-electron chi connectivity index (χ0n) is 24.0. The molecule has 3 fully saturated rings. The molecule has 4 aromatic rings. The van der Waals surface area contributed by atoms with Gasteiger partial charge in [0.25, 0.3) is 0 Å². The number of anilines is 1. The van der Waals surface area contributed by atoms with E-state index in [4.69, 9.17) is 26.1 Å². The number of H-pyrrole nitrogens is 1. The molecule has 0 aliphatic carbocycles. The molecule has 0 radical (unpaired) electrons. The van der Waals surface area contributed by atoms with Crippen molar-refractivity contribution in [2.75, 3.05) is 44.3 Å². The minimum absolute atomic E-state index is 0.0200. The number of alkyl carbamates (subject to hydrolysis) is 1. The topological polar surface area (TPSA) is 121 Å². The summed E-state index contributed by atoms with van der Waals surface area (Å²) in [5, 5.41) is 11.5. The second-order valence-electron chi connectivity index (χ2n) is 11.7. The van der Waals surface area contributed by atoms with E-state index in [0.717, 1.165) is 51.6 Å². The number of amides is 1. The number of carbonyl (C=O) groups excluding carboxylic acids is 1. The van der Waals surface area contributed by atoms with Gasteiger partial charge in [-0.1, -0.05) is 11.6 Å². The van der Waals surface area contributed by atoms with Crippen molar-refractivity contribution in [3.8, 4) is 17.3 Å². The zero-order valence-corrected chi connectivity index (χ0v) is 24.8. The molecule has 7 rings (SSSR count). The number of halogens is 2. The van der Waals surface area contributed by atoms with E-state index in [0.29, 0.717) is 59.0 Å². The molecule has 1 unspecified atom stereocenters. The Morgan fingerprint density at radius 1 is 1.16 bits per heavy atom. The van der Waals surface area contributed by atoms with E-state index in [1.807, 2.05) is 4.90 Å². The molecule has 226 valence electrons. The molecule has 3 aliphatic rings. The van der Waals surface area contributed by atoms with Crippen LogP contribution in [0.4, 0.5) is 15.0 Å². The first kappa shape index (κ1) is 28.0. The third-order valence-electron chi connectivity index (χ3n) is 9.02. The summed E-state index contributed by atoms with van der Waals surface area (Å²) < 4.78 is 28.0. The standard InChI is InChI=1S/C30H34ClFN8O3/c1-2-42-29(41)35-19-6-3-9-39(16-19)27-22-14-33-25(20-12-18(31)13-23-21(20)15-34-38-23)24(32)26(22)36-28(37-27)43-17-30-7-4-10-40(30)11-5-8-30/h12-15,19H,2-11,16-17H2,1H3,(H,34,38)(H,35,41). The van der Waals surface area contributed by atoms with E-state index in [1.165, 1.54) is 0 Å². The Morgan fingerprint density at radius 3 is 2.81 bits per heavy atom. The van der Waals surface area contributed by atoms with Crippen LogP contribution in [0.3, 0.4) is 0 Å². The van der Waals surface area contributed by atoms with Crippen molar-refractivity contribution >= 4 is 45.3 Å². The molecular weight excluding hydrogens is 575 g/mol. The Hall–Kier alpha value is -3.77. The quantitative estimate of drug-likeness (QED) is 0.296. The molecule has 11 nitrogen and oxygen atoms in total. The number of pyridine rings is 1. The minimum Gasteiger partial charge on any atom is -0.461 e. The summed E-state index contributed by atoms with van der Waals surface area (Å²) in [5.74, 6) is -0.0597. The highest BCUT2D eigenvalue weighted by atomic mass is 35.5. The van der Waals surface area contributed by atoms with Gasteiger partial charge in [-0.15, -0.1) is 0 Å². The van der Waals surface area contributed by atoms with Gasteiger partial charge in [0.05, 0.1) is 29.2 Å². The van der Waals surface area contributed by atoms with Gasteiger partial charge in [0.1, 0.15) is 23.6 Å². The van der Waals surface area contributed by atoms with Gasteiger partial charge in [0.2, 0.25) is 0 Å². The lowest BCUT2D eigenvalue weighted by Crippen LogP contribution is -2.48. The minimum atomic E-state index is -0.588. The average molecular weight is 609 g/mol. The molecule has 1 aromatic carbocycles. The second-order valence-corrected chi connectivity index (χ2v) is 12.1. The van der Waals surface area contributed by atoms with E-state index in [9.17, 15) is 4.79 Å². The maximum absolute atomic E-state index is 16.6. The van der Waals surface area contributed by atoms with Crippen LogP contribution in [-0.4, -0.2) is 87.1 Å². The van der Waals surface area contributed by atoms with Crippen molar-refractivity contribution in [1.29, 1.82) is 0 Å². The number of nitrogens with one attached hydrogen (secondary N) is 2. The largest absolute Gasteiger partial charge is 0.461 e. The van der Waals surface area contributed by atoms with Gasteiger partial charge >= 0.3 is 12.1 Å². The van der Waals surface area contributed by atoms with Crippen molar-refractivity contribution in [3.05, 3.63) is 35.4 Å². The smallest absolute Gasteiger partial charge is 0.407 e. The highest BCUT2D eigenvalue weighted by molar-refractivity contribution is 6.31. The maximum atomic E-state index is 16.6. The SMILES string of the molecule is CCOC(=O)NC1CCCN(c2nc(OCC34CCCN3CCC4)nc3c(F)c(-c4cc(Cl)cc5[nH]ncc45)ncc23)C1. The lowest BCUT2D eigenvalue weighted by molar-refractivity contribution is 0.108. The van der Waals surface area contributed by atoms with Gasteiger partial charge in [0, 0.05) is 41.3 Å². The number of ether oxygens (including phenoxy) is 2. The summed E-state index contributed by atoms with van der Waals surface area (Å²) in [4.78, 5) is 30.7. The number of hydrogen-bond acceptors (Lipinski definition) is 9. The lowest BCUT2D eigenvalue weighted by Gasteiger charge is -2.34. The van der Waals surface area contributed by atoms with Gasteiger partial charge in [-0.3, -0.25) is 15.0 Å². The fraction of sp³-hybridized carbons (Fsp3) is 0.500. The number of rotatable bonds is 7. The Balaban J connectivity index is 1.29. The first-order valence-corrected chi connectivity index (χ1v) is 15.4. The molecule has 0 spiro atoms. The number of carbonyl (C=O) groups is 1. The van der Waals surface area contributed by atoms with E-state index in [1.54, 1.807) is 31.5 Å². The Morgan fingerprint density at radius 2 is 2.00 bits per heavy atom. The van der Waals surface area contributed by atoms with Crippen LogP contribution < -0.4 is 15.0 Å². The molecular formula is C30H34ClFN8O3. The van der Waals surface area contributed by atoms with Crippen molar-refractivity contribution < 1.29 is 18.7 Å². The first-order chi connectivity index (χ1) is 20.9. The van der Waals surface area contributed by atoms with E-state index in [2.05, 4.69) is 30.4 Å². The molecule has 2 N–H and O–H groups in total. The third-order valence-corrected chi connectivity index (χ3v) is 9.24. The summed E-state index contributed by atoms with van der Waals surface area (Å²) in [7, 11) is 0. The summed E-state index contributed by atoms with van der Waals surface area (Å²) in [6, 6.07) is 3.40. The van der Waals surface area contributed by atoms with Gasteiger partial charge in [-0.05, 0) is 70.7 Å². The number of benzene rings is 1. The average Bonchev–Trinajstić information content (AvgIpc) is 3.72. The Labute approximate surface area is 253 Å². The third kappa shape index (κ3) is 5.20. The number of nitrogens with zero attached hydrogens (tertiary/aromatic N) is 6. The van der Waals surface area contributed by atoms with Crippen LogP contribution in [0.1, 0.15) is 45.4 Å². The van der Waals surface area contributed by atoms with Crippen molar-refractivity contribution in [1.82, 2.24) is 35.4 Å². The van der Waals surface area contributed by atoms with Gasteiger partial charge in [-0.25, -0.2) is 9.18 Å². The fourth-order valence-electron chi connectivity index (χ4n) is 7.01. The Bertz CT molecular complexity index is 1670. The Kier molecular flexibility index (Phi) is 7.42. The van der Waals surface area contributed by atoms with Crippen LogP contribution in [0, 0.1) is 5.82 Å². The summed E-state index contributed by atoms with van der Waals surface area (Å²) >= 11 is 6.38. The van der Waals surface area contributed by atoms with Gasteiger partial charge in [0.15, 0.2) is 5.82 Å². The van der Waals surface area contributed by atoms with Crippen molar-refractivity contribution in [2.45, 2.75) is 57.0 Å². The molecule has 3 aliphatic heterocycles. The van der Waals surface area contributed by atoms with Crippen LogP contribution in [0.2, 0.25) is 5.02 Å². The molecule has 1 amide bonds. The maximum Gasteiger partial charge on any atom is 0.407 e. The molecule has 43 heavy (non-hydrogen) atoms.